The third-order valence-electron chi connectivity index (χ3n) is 6.53. The van der Waals surface area contributed by atoms with Gasteiger partial charge in [-0.3, -0.25) is 4.79 Å². The molecule has 0 atom stereocenters. The first kappa shape index (κ1) is 32.6. The fraction of sp³-hybridized carbons (Fsp3) is 0.552. The maximum Gasteiger partial charge on any atom is 0.228 e. The molecule has 1 aromatic carbocycles. The summed E-state index contributed by atoms with van der Waals surface area (Å²) in [6, 6.07) is 6.29. The second-order valence-electron chi connectivity index (χ2n) is 12.4. The lowest BCUT2D eigenvalue weighted by atomic mass is 9.92. The zero-order valence-corrected chi connectivity index (χ0v) is 28.9. The van der Waals surface area contributed by atoms with E-state index in [1.165, 1.54) is 11.8 Å². The van der Waals surface area contributed by atoms with Gasteiger partial charge in [0.1, 0.15) is 12.6 Å². The Hall–Kier alpha value is -2.35. The van der Waals surface area contributed by atoms with Crippen LogP contribution in [0.15, 0.2) is 34.0 Å². The fourth-order valence-electron chi connectivity index (χ4n) is 4.44. The Labute approximate surface area is 262 Å². The predicted molar refractivity (Wildman–Crippen MR) is 179 cm³/mol. The number of benzene rings is 1. The number of anilines is 1. The van der Waals surface area contributed by atoms with Crippen LogP contribution in [-0.4, -0.2) is 79.0 Å². The van der Waals surface area contributed by atoms with Gasteiger partial charge in [-0.15, -0.1) is 0 Å². The van der Waals surface area contributed by atoms with Crippen molar-refractivity contribution in [3.05, 3.63) is 40.3 Å². The molecule has 13 heteroatoms. The Morgan fingerprint density at radius 2 is 1.95 bits per heavy atom. The van der Waals surface area contributed by atoms with E-state index in [4.69, 9.17) is 9.72 Å². The van der Waals surface area contributed by atoms with Gasteiger partial charge in [-0.2, -0.15) is 14.6 Å². The van der Waals surface area contributed by atoms with Crippen molar-refractivity contribution >= 4 is 66.3 Å². The van der Waals surface area contributed by atoms with Gasteiger partial charge in [-0.1, -0.05) is 44.7 Å². The van der Waals surface area contributed by atoms with Crippen LogP contribution in [0.5, 0.6) is 0 Å². The highest BCUT2D eigenvalue weighted by Gasteiger charge is 2.18. The maximum atomic E-state index is 12.3. The lowest BCUT2D eigenvalue weighted by molar-refractivity contribution is -0.122. The summed E-state index contributed by atoms with van der Waals surface area (Å²) in [4.78, 5) is 26.6. The molecule has 0 unspecified atom stereocenters. The molecular weight excluding hydrogens is 636 g/mol. The molecule has 0 aliphatic carbocycles. The summed E-state index contributed by atoms with van der Waals surface area (Å²) in [6.45, 7) is 8.41. The number of nitrogens with one attached hydrogen (secondary N) is 2. The van der Waals surface area contributed by atoms with E-state index >= 15 is 0 Å². The number of rotatable bonds is 14. The molecule has 0 saturated carbocycles. The molecule has 10 nitrogen and oxygen atoms in total. The minimum atomic E-state index is -0.647. The summed E-state index contributed by atoms with van der Waals surface area (Å²) in [5.74, 6) is 2.59. The number of carbonyl (C=O) groups excluding carboxylic acids is 1. The molecule has 4 aromatic rings. The van der Waals surface area contributed by atoms with Crippen molar-refractivity contribution in [2.24, 2.45) is 5.41 Å². The number of aromatic nitrogens is 6. The number of para-hydroxylation sites is 1. The van der Waals surface area contributed by atoms with E-state index in [-0.39, 0.29) is 11.3 Å². The van der Waals surface area contributed by atoms with Crippen LogP contribution in [0.25, 0.3) is 16.7 Å². The van der Waals surface area contributed by atoms with Crippen molar-refractivity contribution in [3.63, 3.8) is 0 Å². The molecule has 0 radical (unpaired) electrons. The van der Waals surface area contributed by atoms with E-state index in [0.717, 1.165) is 45.5 Å². The molecule has 3 heterocycles. The number of ether oxygens (including phenoxy) is 1. The lowest BCUT2D eigenvalue weighted by Gasteiger charge is -2.24. The third-order valence-corrected chi connectivity index (χ3v) is 9.03. The summed E-state index contributed by atoms with van der Waals surface area (Å²) in [5, 5.41) is 11.6. The van der Waals surface area contributed by atoms with Crippen LogP contribution in [0.2, 0.25) is 0 Å². The second kappa shape index (κ2) is 14.0. The first-order valence-corrected chi connectivity index (χ1v) is 19.1. The number of imidazole rings is 1. The summed E-state index contributed by atoms with van der Waals surface area (Å²) in [5.41, 5.74) is 3.83. The zero-order chi connectivity index (χ0) is 30.5. The van der Waals surface area contributed by atoms with Gasteiger partial charge in [0, 0.05) is 18.7 Å². The van der Waals surface area contributed by atoms with E-state index in [0.29, 0.717) is 49.6 Å². The highest BCUT2D eigenvalue weighted by molar-refractivity contribution is 9.10. The van der Waals surface area contributed by atoms with Crippen molar-refractivity contribution < 1.29 is 9.53 Å². The molecule has 0 fully saturated rings. The Balaban J connectivity index is 1.55. The van der Waals surface area contributed by atoms with Crippen LogP contribution in [0, 0.1) is 5.41 Å². The van der Waals surface area contributed by atoms with Crippen LogP contribution < -0.4 is 10.6 Å². The van der Waals surface area contributed by atoms with Gasteiger partial charge in [0.25, 0.3) is 0 Å². The Morgan fingerprint density at radius 3 is 2.67 bits per heavy atom. The SMILES string of the molecule is CSc1nc(NCc2nc3c(CCCNC(=O)CC(C)(C)C)cccc3n2COCCS(C)(C)C)n2ncc(Br)c2n1. The highest BCUT2D eigenvalue weighted by Crippen LogP contribution is 2.33. The van der Waals surface area contributed by atoms with Gasteiger partial charge in [-0.05, 0) is 70.8 Å². The van der Waals surface area contributed by atoms with Gasteiger partial charge in [0.2, 0.25) is 11.9 Å². The smallest absolute Gasteiger partial charge is 0.228 e. The molecular formula is C29H43BrN8O2S2. The van der Waals surface area contributed by atoms with Gasteiger partial charge in [-0.25, -0.2) is 20.0 Å². The normalized spacial score (nSPS) is 12.8. The Morgan fingerprint density at radius 1 is 1.17 bits per heavy atom. The molecule has 4 rings (SSSR count). The van der Waals surface area contributed by atoms with Crippen LogP contribution in [0.1, 0.15) is 45.0 Å². The van der Waals surface area contributed by atoms with E-state index in [1.807, 2.05) is 6.26 Å². The number of hydrogen-bond donors (Lipinski definition) is 2. The van der Waals surface area contributed by atoms with Gasteiger partial charge < -0.3 is 19.9 Å². The minimum Gasteiger partial charge on any atom is -0.360 e. The predicted octanol–water partition coefficient (Wildman–Crippen LogP) is 5.72. The van der Waals surface area contributed by atoms with Gasteiger partial charge in [0.15, 0.2) is 10.8 Å². The third kappa shape index (κ3) is 8.84. The number of halogens is 1. The molecule has 0 aliphatic heterocycles. The number of fused-ring (bicyclic) bond motifs is 2. The van der Waals surface area contributed by atoms with Crippen molar-refractivity contribution in [2.75, 3.05) is 49.2 Å². The average Bonchev–Trinajstić information content (AvgIpc) is 3.46. The van der Waals surface area contributed by atoms with Crippen LogP contribution in [0.3, 0.4) is 0 Å². The van der Waals surface area contributed by atoms with Crippen LogP contribution >= 0.6 is 37.7 Å². The monoisotopic (exact) mass is 678 g/mol. The first-order chi connectivity index (χ1) is 19.8. The molecule has 3 aromatic heterocycles. The standard InChI is InChI=1S/C29H43BrN8O2S2/c1-29(2,3)16-24(39)31-13-9-11-20-10-8-12-22-25(20)34-23(37(22)19-40-14-15-42(5,6)7)18-32-27-36-28(41-4)35-26-21(30)17-33-38(26)27/h8,10,12,17H,9,11,13-16,18-19H2,1-7H3,(H,31,39)(H,32,35,36). The Bertz CT molecular complexity index is 1520. The molecule has 2 N–H and O–H groups in total. The molecule has 0 saturated heterocycles. The summed E-state index contributed by atoms with van der Waals surface area (Å²) in [7, 11) is -0.647. The van der Waals surface area contributed by atoms with E-state index in [2.05, 4.69) is 104 Å². The molecule has 0 bridgehead atoms. The van der Waals surface area contributed by atoms with Crippen molar-refractivity contribution in [1.82, 2.24) is 34.4 Å². The van der Waals surface area contributed by atoms with Gasteiger partial charge >= 0.3 is 0 Å². The number of carbonyl (C=O) groups is 1. The number of thioether (sulfide) groups is 1. The van der Waals surface area contributed by atoms with Crippen molar-refractivity contribution in [2.45, 2.75) is 58.5 Å². The summed E-state index contributed by atoms with van der Waals surface area (Å²) >= 11 is 5.01. The topological polar surface area (TPSA) is 111 Å². The van der Waals surface area contributed by atoms with Crippen LogP contribution in [0.4, 0.5) is 5.95 Å². The molecule has 230 valence electrons. The largest absolute Gasteiger partial charge is 0.360 e. The zero-order valence-electron chi connectivity index (χ0n) is 25.7. The molecule has 0 aliphatic rings. The van der Waals surface area contributed by atoms with Crippen LogP contribution in [-0.2, 0) is 29.2 Å². The van der Waals surface area contributed by atoms with E-state index in [1.54, 1.807) is 10.7 Å². The molecule has 42 heavy (non-hydrogen) atoms. The average molecular weight is 680 g/mol. The maximum absolute atomic E-state index is 12.3. The van der Waals surface area contributed by atoms with Gasteiger partial charge in [0.05, 0.1) is 34.9 Å². The Kier molecular flexibility index (Phi) is 10.8. The van der Waals surface area contributed by atoms with E-state index in [9.17, 15) is 4.79 Å². The number of amides is 1. The quantitative estimate of drug-likeness (QED) is 0.129. The van der Waals surface area contributed by atoms with Crippen molar-refractivity contribution in [3.8, 4) is 0 Å². The van der Waals surface area contributed by atoms with Crippen molar-refractivity contribution in [1.29, 1.82) is 0 Å². The fourth-order valence-corrected chi connectivity index (χ4v) is 5.77. The first-order valence-electron chi connectivity index (χ1n) is 14.0. The summed E-state index contributed by atoms with van der Waals surface area (Å²) in [6.07, 6.45) is 12.7. The molecule has 1 amide bonds. The summed E-state index contributed by atoms with van der Waals surface area (Å²) < 4.78 is 10.8. The molecule has 0 spiro atoms. The van der Waals surface area contributed by atoms with E-state index < -0.39 is 10.0 Å². The number of hydrogen-bond acceptors (Lipinski definition) is 8. The number of aryl methyl sites for hydroxylation is 1. The minimum absolute atomic E-state index is 0.0222. The number of nitrogens with zero attached hydrogens (tertiary/aromatic N) is 6. The lowest BCUT2D eigenvalue weighted by Crippen LogP contribution is -2.28. The second-order valence-corrected chi connectivity index (χ2v) is 18.6. The highest BCUT2D eigenvalue weighted by atomic mass is 79.9.